The third-order valence-electron chi connectivity index (χ3n) is 3.16. The van der Waals surface area contributed by atoms with Crippen molar-refractivity contribution in [3.8, 4) is 0 Å². The van der Waals surface area contributed by atoms with Gasteiger partial charge in [0, 0.05) is 6.54 Å². The maximum absolute atomic E-state index is 12.7. The topological polar surface area (TPSA) is 41.6 Å². The van der Waals surface area contributed by atoms with E-state index in [1.807, 2.05) is 11.8 Å². The molecule has 104 valence electrons. The van der Waals surface area contributed by atoms with E-state index in [0.29, 0.717) is 24.6 Å². The third kappa shape index (κ3) is 2.83. The molecule has 1 aromatic carbocycles. The molecule has 0 fully saturated rings. The molecular formula is C13H16F3N3. The quantitative estimate of drug-likeness (QED) is 0.918. The summed E-state index contributed by atoms with van der Waals surface area (Å²) >= 11 is 0. The van der Waals surface area contributed by atoms with E-state index in [-0.39, 0.29) is 6.04 Å². The van der Waals surface area contributed by atoms with Crippen molar-refractivity contribution in [2.45, 2.75) is 25.6 Å². The second-order valence-electron chi connectivity index (χ2n) is 4.53. The van der Waals surface area contributed by atoms with E-state index in [2.05, 4.69) is 4.99 Å². The van der Waals surface area contributed by atoms with Crippen LogP contribution in [0.2, 0.25) is 0 Å². The predicted molar refractivity (Wildman–Crippen MR) is 67.7 cm³/mol. The van der Waals surface area contributed by atoms with Gasteiger partial charge in [0.1, 0.15) is 0 Å². The summed E-state index contributed by atoms with van der Waals surface area (Å²) in [6.45, 7) is 3.10. The first-order chi connectivity index (χ1) is 8.93. The minimum absolute atomic E-state index is 0.192. The van der Waals surface area contributed by atoms with Gasteiger partial charge < -0.3 is 10.6 Å². The highest BCUT2D eigenvalue weighted by molar-refractivity contribution is 5.80. The van der Waals surface area contributed by atoms with Crippen molar-refractivity contribution >= 4 is 5.96 Å². The van der Waals surface area contributed by atoms with Crippen LogP contribution in [0, 0.1) is 0 Å². The molecule has 1 unspecified atom stereocenters. The Bertz CT molecular complexity index is 482. The molecule has 0 aliphatic carbocycles. The minimum atomic E-state index is -4.32. The van der Waals surface area contributed by atoms with Crippen LogP contribution in [-0.4, -0.2) is 23.9 Å². The monoisotopic (exact) mass is 271 g/mol. The summed E-state index contributed by atoms with van der Waals surface area (Å²) in [5, 5.41) is 0. The number of rotatable bonds is 3. The van der Waals surface area contributed by atoms with Crippen molar-refractivity contribution in [2.75, 3.05) is 13.1 Å². The predicted octanol–water partition coefficient (Wildman–Crippen LogP) is 2.79. The van der Waals surface area contributed by atoms with Gasteiger partial charge in [-0.15, -0.1) is 0 Å². The van der Waals surface area contributed by atoms with Gasteiger partial charge in [-0.3, -0.25) is 4.99 Å². The van der Waals surface area contributed by atoms with Crippen molar-refractivity contribution in [1.29, 1.82) is 0 Å². The molecule has 1 aliphatic heterocycles. The maximum Gasteiger partial charge on any atom is 0.416 e. The van der Waals surface area contributed by atoms with Gasteiger partial charge in [0.2, 0.25) is 0 Å². The lowest BCUT2D eigenvalue weighted by atomic mass is 10.0. The Hall–Kier alpha value is -1.72. The van der Waals surface area contributed by atoms with Crippen LogP contribution in [0.25, 0.3) is 0 Å². The van der Waals surface area contributed by atoms with E-state index in [1.54, 1.807) is 6.07 Å². The molecule has 0 bridgehead atoms. The molecule has 1 heterocycles. The Morgan fingerprint density at radius 1 is 1.42 bits per heavy atom. The molecule has 2 rings (SSSR count). The van der Waals surface area contributed by atoms with Gasteiger partial charge in [-0.25, -0.2) is 0 Å². The fraction of sp³-hybridized carbons (Fsp3) is 0.462. The number of benzene rings is 1. The normalized spacial score (nSPS) is 19.7. The van der Waals surface area contributed by atoms with Crippen molar-refractivity contribution in [3.05, 3.63) is 35.4 Å². The van der Waals surface area contributed by atoms with E-state index < -0.39 is 11.7 Å². The molecule has 0 aromatic heterocycles. The molecule has 19 heavy (non-hydrogen) atoms. The number of halogens is 3. The standard InChI is InChI=1S/C13H16F3N3/c1-2-6-19-11(8-18-12(19)17)9-4-3-5-10(7-9)13(14,15)16/h3-5,7,11H,2,6,8H2,1H3,(H2,17,18). The minimum Gasteiger partial charge on any atom is -0.370 e. The summed E-state index contributed by atoms with van der Waals surface area (Å²) in [6.07, 6.45) is -3.46. The average molecular weight is 271 g/mol. The Morgan fingerprint density at radius 3 is 2.79 bits per heavy atom. The van der Waals surface area contributed by atoms with Crippen molar-refractivity contribution in [1.82, 2.24) is 4.90 Å². The van der Waals surface area contributed by atoms with Gasteiger partial charge in [-0.1, -0.05) is 19.1 Å². The van der Waals surface area contributed by atoms with Crippen LogP contribution in [0.15, 0.2) is 29.3 Å². The summed E-state index contributed by atoms with van der Waals surface area (Å²) in [4.78, 5) is 5.98. The summed E-state index contributed by atoms with van der Waals surface area (Å²) < 4.78 is 38.1. The molecule has 1 aliphatic rings. The zero-order valence-corrected chi connectivity index (χ0v) is 10.6. The van der Waals surface area contributed by atoms with Crippen LogP contribution in [-0.2, 0) is 6.18 Å². The van der Waals surface area contributed by atoms with Gasteiger partial charge in [0.25, 0.3) is 0 Å². The smallest absolute Gasteiger partial charge is 0.370 e. The Kier molecular flexibility index (Phi) is 3.68. The van der Waals surface area contributed by atoms with Crippen LogP contribution in [0.4, 0.5) is 13.2 Å². The van der Waals surface area contributed by atoms with Gasteiger partial charge in [0.05, 0.1) is 18.2 Å². The van der Waals surface area contributed by atoms with Gasteiger partial charge in [-0.05, 0) is 24.1 Å². The zero-order valence-electron chi connectivity index (χ0n) is 10.6. The first kappa shape index (κ1) is 13.7. The van der Waals surface area contributed by atoms with Crippen LogP contribution in [0.3, 0.4) is 0 Å². The molecule has 1 atom stereocenters. The Labute approximate surface area is 109 Å². The highest BCUT2D eigenvalue weighted by Gasteiger charge is 2.32. The van der Waals surface area contributed by atoms with E-state index in [1.165, 1.54) is 12.1 Å². The number of nitrogens with zero attached hydrogens (tertiary/aromatic N) is 2. The number of nitrogens with two attached hydrogens (primary N) is 1. The van der Waals surface area contributed by atoms with Crippen molar-refractivity contribution in [3.63, 3.8) is 0 Å². The average Bonchev–Trinajstić information content (AvgIpc) is 2.71. The third-order valence-corrected chi connectivity index (χ3v) is 3.16. The Balaban J connectivity index is 2.27. The number of hydrogen-bond donors (Lipinski definition) is 1. The van der Waals surface area contributed by atoms with Crippen LogP contribution in [0.5, 0.6) is 0 Å². The zero-order chi connectivity index (χ0) is 14.0. The van der Waals surface area contributed by atoms with E-state index in [9.17, 15) is 13.2 Å². The fourth-order valence-corrected chi connectivity index (χ4v) is 2.25. The highest BCUT2D eigenvalue weighted by atomic mass is 19.4. The SMILES string of the molecule is CCCN1C(N)=NCC1c1cccc(C(F)(F)F)c1. The Morgan fingerprint density at radius 2 is 2.16 bits per heavy atom. The van der Waals surface area contributed by atoms with E-state index in [0.717, 1.165) is 12.5 Å². The number of guanidine groups is 1. The lowest BCUT2D eigenvalue weighted by Gasteiger charge is -2.26. The summed E-state index contributed by atoms with van der Waals surface area (Å²) in [6, 6.07) is 5.18. The first-order valence-corrected chi connectivity index (χ1v) is 6.17. The molecular weight excluding hydrogens is 255 g/mol. The number of hydrogen-bond acceptors (Lipinski definition) is 3. The largest absolute Gasteiger partial charge is 0.416 e. The fourth-order valence-electron chi connectivity index (χ4n) is 2.25. The second-order valence-corrected chi connectivity index (χ2v) is 4.53. The number of alkyl halides is 3. The first-order valence-electron chi connectivity index (χ1n) is 6.17. The summed E-state index contributed by atoms with van der Waals surface area (Å²) in [7, 11) is 0. The van der Waals surface area contributed by atoms with Crippen molar-refractivity contribution in [2.24, 2.45) is 10.7 Å². The molecule has 0 saturated carbocycles. The van der Waals surface area contributed by atoms with E-state index in [4.69, 9.17) is 5.73 Å². The van der Waals surface area contributed by atoms with Crippen LogP contribution in [0.1, 0.15) is 30.5 Å². The highest BCUT2D eigenvalue weighted by Crippen LogP contribution is 2.33. The van der Waals surface area contributed by atoms with Gasteiger partial charge in [0.15, 0.2) is 5.96 Å². The maximum atomic E-state index is 12.7. The molecule has 0 radical (unpaired) electrons. The van der Waals surface area contributed by atoms with Gasteiger partial charge in [-0.2, -0.15) is 13.2 Å². The number of aliphatic imine (C=N–C) groups is 1. The molecule has 0 spiro atoms. The summed E-state index contributed by atoms with van der Waals surface area (Å²) in [5.74, 6) is 0.407. The molecule has 2 N–H and O–H groups in total. The molecule has 3 nitrogen and oxygen atoms in total. The summed E-state index contributed by atoms with van der Waals surface area (Å²) in [5.41, 5.74) is 5.74. The molecule has 1 aromatic rings. The van der Waals surface area contributed by atoms with Gasteiger partial charge >= 0.3 is 6.18 Å². The lowest BCUT2D eigenvalue weighted by Crippen LogP contribution is -2.36. The lowest BCUT2D eigenvalue weighted by molar-refractivity contribution is -0.137. The van der Waals surface area contributed by atoms with Crippen LogP contribution >= 0.6 is 0 Å². The van der Waals surface area contributed by atoms with Crippen LogP contribution < -0.4 is 5.73 Å². The van der Waals surface area contributed by atoms with E-state index >= 15 is 0 Å². The second kappa shape index (κ2) is 5.11. The molecule has 0 amide bonds. The van der Waals surface area contributed by atoms with Crippen molar-refractivity contribution < 1.29 is 13.2 Å². The molecule has 6 heteroatoms. The molecule has 0 saturated heterocycles.